The van der Waals surface area contributed by atoms with Gasteiger partial charge in [-0.25, -0.2) is 0 Å². The number of furan rings is 1. The molecule has 3 rings (SSSR count). The number of hydrogen-bond acceptors (Lipinski definition) is 2. The fourth-order valence-electron chi connectivity index (χ4n) is 2.70. The normalized spacial score (nSPS) is 11.8. The number of halogens is 1. The smallest absolute Gasteiger partial charge is 0.149 e. The Balaban J connectivity index is 2.49. The molecule has 2 nitrogen and oxygen atoms in total. The Morgan fingerprint density at radius 2 is 1.95 bits per heavy atom. The Kier molecular flexibility index (Phi) is 3.11. The highest BCUT2D eigenvalue weighted by atomic mass is 79.9. The zero-order valence-electron chi connectivity index (χ0n) is 11.0. The quantitative estimate of drug-likeness (QED) is 0.727. The van der Waals surface area contributed by atoms with Crippen molar-refractivity contribution in [3.63, 3.8) is 0 Å². The molecule has 0 radical (unpaired) electrons. The third-order valence-corrected chi connectivity index (χ3v) is 4.31. The van der Waals surface area contributed by atoms with Crippen LogP contribution in [0.5, 0.6) is 0 Å². The van der Waals surface area contributed by atoms with Crippen molar-refractivity contribution >= 4 is 37.7 Å². The van der Waals surface area contributed by atoms with E-state index >= 15 is 0 Å². The van der Waals surface area contributed by atoms with Gasteiger partial charge in [0, 0.05) is 10.9 Å². The predicted molar refractivity (Wildman–Crippen MR) is 83.4 cm³/mol. The highest BCUT2D eigenvalue weighted by Crippen LogP contribution is 2.39. The summed E-state index contributed by atoms with van der Waals surface area (Å²) in [6.07, 6.45) is 0. The molecule has 0 unspecified atom stereocenters. The summed E-state index contributed by atoms with van der Waals surface area (Å²) in [6.45, 7) is 4.78. The van der Waals surface area contributed by atoms with Gasteiger partial charge in [0.2, 0.25) is 0 Å². The lowest BCUT2D eigenvalue weighted by Crippen LogP contribution is -1.99. The van der Waals surface area contributed by atoms with E-state index in [1.54, 1.807) is 0 Å². The van der Waals surface area contributed by atoms with Gasteiger partial charge in [-0.2, -0.15) is 0 Å². The Morgan fingerprint density at radius 1 is 1.21 bits per heavy atom. The molecule has 19 heavy (non-hydrogen) atoms. The molecule has 0 bridgehead atoms. The fraction of sp³-hybridized carbons (Fsp3) is 0.250. The molecule has 2 N–H and O–H groups in total. The van der Waals surface area contributed by atoms with Crippen LogP contribution in [0.2, 0.25) is 0 Å². The first-order valence-corrected chi connectivity index (χ1v) is 7.25. The van der Waals surface area contributed by atoms with Crippen molar-refractivity contribution in [2.75, 3.05) is 0 Å². The number of hydrogen-bond donors (Lipinski definition) is 1. The second-order valence-electron chi connectivity index (χ2n) is 5.09. The average molecular weight is 318 g/mol. The van der Waals surface area contributed by atoms with Gasteiger partial charge in [-0.3, -0.25) is 0 Å². The van der Waals surface area contributed by atoms with Crippen LogP contribution in [0.15, 0.2) is 39.2 Å². The monoisotopic (exact) mass is 317 g/mol. The number of rotatable bonds is 2. The highest BCUT2D eigenvalue weighted by Gasteiger charge is 2.19. The average Bonchev–Trinajstić information content (AvgIpc) is 2.78. The topological polar surface area (TPSA) is 39.2 Å². The summed E-state index contributed by atoms with van der Waals surface area (Å²) in [5.41, 5.74) is 7.95. The van der Waals surface area contributed by atoms with Gasteiger partial charge in [-0.15, -0.1) is 0 Å². The second-order valence-corrected chi connectivity index (χ2v) is 5.88. The summed E-state index contributed by atoms with van der Waals surface area (Å²) in [7, 11) is 0. The van der Waals surface area contributed by atoms with E-state index in [1.807, 2.05) is 6.07 Å². The Morgan fingerprint density at radius 3 is 2.63 bits per heavy atom. The van der Waals surface area contributed by atoms with Crippen LogP contribution in [0.1, 0.15) is 31.1 Å². The van der Waals surface area contributed by atoms with Crippen LogP contribution in [0.25, 0.3) is 21.7 Å². The maximum Gasteiger partial charge on any atom is 0.149 e. The lowest BCUT2D eigenvalue weighted by molar-refractivity contribution is 0.540. The minimum Gasteiger partial charge on any atom is -0.458 e. The van der Waals surface area contributed by atoms with Gasteiger partial charge < -0.3 is 10.2 Å². The van der Waals surface area contributed by atoms with E-state index < -0.39 is 0 Å². The van der Waals surface area contributed by atoms with Crippen molar-refractivity contribution in [1.82, 2.24) is 0 Å². The van der Waals surface area contributed by atoms with E-state index in [1.165, 1.54) is 21.7 Å². The van der Waals surface area contributed by atoms with Crippen molar-refractivity contribution in [2.45, 2.75) is 26.3 Å². The molecule has 0 fully saturated rings. The molecule has 0 saturated heterocycles. The van der Waals surface area contributed by atoms with Crippen molar-refractivity contribution < 1.29 is 4.42 Å². The lowest BCUT2D eigenvalue weighted by atomic mass is 9.97. The fourth-order valence-corrected chi connectivity index (χ4v) is 3.35. The van der Waals surface area contributed by atoms with E-state index in [-0.39, 0.29) is 0 Å². The maximum atomic E-state index is 5.98. The number of fused-ring (bicyclic) bond motifs is 2. The summed E-state index contributed by atoms with van der Waals surface area (Å²) in [5.74, 6) is 1.29. The van der Waals surface area contributed by atoms with E-state index in [2.05, 4.69) is 54.0 Å². The molecule has 1 heterocycles. The molecular formula is C16H16BrNO. The molecule has 0 aliphatic carbocycles. The first-order chi connectivity index (χ1) is 9.13. The third-order valence-electron chi connectivity index (χ3n) is 3.52. The summed E-state index contributed by atoms with van der Waals surface area (Å²) in [5, 5.41) is 3.55. The molecule has 0 amide bonds. The highest BCUT2D eigenvalue weighted by molar-refractivity contribution is 9.10. The molecular weight excluding hydrogens is 302 g/mol. The van der Waals surface area contributed by atoms with Gasteiger partial charge in [0.1, 0.15) is 11.3 Å². The molecule has 0 aliphatic heterocycles. The Hall–Kier alpha value is -1.32. The van der Waals surface area contributed by atoms with Crippen LogP contribution < -0.4 is 5.73 Å². The van der Waals surface area contributed by atoms with Crippen molar-refractivity contribution in [3.05, 3.63) is 46.1 Å². The van der Waals surface area contributed by atoms with E-state index in [0.717, 1.165) is 15.8 Å². The van der Waals surface area contributed by atoms with Crippen LogP contribution in [0.3, 0.4) is 0 Å². The molecule has 3 heteroatoms. The van der Waals surface area contributed by atoms with Gasteiger partial charge in [-0.1, -0.05) is 38.1 Å². The van der Waals surface area contributed by atoms with E-state index in [9.17, 15) is 0 Å². The lowest BCUT2D eigenvalue weighted by Gasteiger charge is -2.06. The molecule has 2 aromatic carbocycles. The van der Waals surface area contributed by atoms with Gasteiger partial charge in [-0.05, 0) is 38.7 Å². The Labute approximate surface area is 120 Å². The largest absolute Gasteiger partial charge is 0.458 e. The van der Waals surface area contributed by atoms with Crippen LogP contribution in [0.4, 0.5) is 0 Å². The number of nitrogens with two attached hydrogens (primary N) is 1. The van der Waals surface area contributed by atoms with Crippen molar-refractivity contribution in [1.29, 1.82) is 0 Å². The van der Waals surface area contributed by atoms with E-state index in [4.69, 9.17) is 10.2 Å². The summed E-state index contributed by atoms with van der Waals surface area (Å²) >= 11 is 3.67. The minimum absolute atomic E-state index is 0.396. The van der Waals surface area contributed by atoms with Crippen LogP contribution in [-0.2, 0) is 6.54 Å². The number of benzene rings is 2. The third kappa shape index (κ3) is 1.88. The van der Waals surface area contributed by atoms with Crippen molar-refractivity contribution in [3.8, 4) is 0 Å². The first-order valence-electron chi connectivity index (χ1n) is 6.46. The van der Waals surface area contributed by atoms with E-state index in [0.29, 0.717) is 12.5 Å². The summed E-state index contributed by atoms with van der Waals surface area (Å²) in [6, 6.07) is 10.5. The van der Waals surface area contributed by atoms with Gasteiger partial charge in [0.05, 0.1) is 11.0 Å². The van der Waals surface area contributed by atoms with Crippen LogP contribution >= 0.6 is 15.9 Å². The Bertz CT molecular complexity index is 758. The molecule has 0 saturated carbocycles. The van der Waals surface area contributed by atoms with Crippen LogP contribution in [0, 0.1) is 0 Å². The van der Waals surface area contributed by atoms with Crippen LogP contribution in [-0.4, -0.2) is 0 Å². The zero-order chi connectivity index (χ0) is 13.6. The maximum absolute atomic E-state index is 5.98. The first kappa shape index (κ1) is 12.7. The molecule has 0 spiro atoms. The zero-order valence-corrected chi connectivity index (χ0v) is 12.6. The SMILES string of the molecule is CC(C)c1c(CN)oc2c(Br)c3ccccc3cc12. The molecule has 1 aromatic heterocycles. The molecule has 98 valence electrons. The molecule has 0 aliphatic rings. The summed E-state index contributed by atoms with van der Waals surface area (Å²) in [4.78, 5) is 0. The standard InChI is InChI=1S/C16H16BrNO/c1-9(2)14-12-7-10-5-3-4-6-11(10)15(17)16(12)19-13(14)8-18/h3-7,9H,8,18H2,1-2H3. The minimum atomic E-state index is 0.396. The predicted octanol–water partition coefficient (Wildman–Crippen LogP) is 4.93. The van der Waals surface area contributed by atoms with Gasteiger partial charge >= 0.3 is 0 Å². The second kappa shape index (κ2) is 4.66. The molecule has 3 aromatic rings. The molecule has 0 atom stereocenters. The van der Waals surface area contributed by atoms with Gasteiger partial charge in [0.15, 0.2) is 0 Å². The summed E-state index contributed by atoms with van der Waals surface area (Å²) < 4.78 is 6.99. The van der Waals surface area contributed by atoms with Gasteiger partial charge in [0.25, 0.3) is 0 Å². The van der Waals surface area contributed by atoms with Crippen molar-refractivity contribution in [2.24, 2.45) is 5.73 Å².